The summed E-state index contributed by atoms with van der Waals surface area (Å²) in [5.41, 5.74) is -3.30. The lowest BCUT2D eigenvalue weighted by molar-refractivity contribution is -0.384. The summed E-state index contributed by atoms with van der Waals surface area (Å²) < 4.78 is 39.4. The van der Waals surface area contributed by atoms with Gasteiger partial charge in [-0.25, -0.2) is 0 Å². The van der Waals surface area contributed by atoms with E-state index in [2.05, 4.69) is 5.32 Å². The molecule has 2 aromatic rings. The van der Waals surface area contributed by atoms with Crippen LogP contribution in [0.2, 0.25) is 0 Å². The monoisotopic (exact) mass is 327 g/mol. The highest BCUT2D eigenvalue weighted by Gasteiger charge is 2.38. The number of hydrogen-bond acceptors (Lipinski definition) is 4. The van der Waals surface area contributed by atoms with Gasteiger partial charge in [-0.1, -0.05) is 18.2 Å². The van der Waals surface area contributed by atoms with E-state index in [9.17, 15) is 28.1 Å². The maximum absolute atomic E-state index is 12.9. The average Bonchev–Trinajstić information content (AvgIpc) is 2.47. The number of nitro groups is 1. The number of nitrogens with one attached hydrogen (secondary N) is 1. The van der Waals surface area contributed by atoms with Crippen molar-refractivity contribution in [3.05, 3.63) is 62.4 Å². The molecule has 1 N–H and O–H groups in total. The van der Waals surface area contributed by atoms with Gasteiger partial charge in [0.1, 0.15) is 5.56 Å². The van der Waals surface area contributed by atoms with E-state index in [4.69, 9.17) is 0 Å². The normalized spacial score (nSPS) is 11.3. The van der Waals surface area contributed by atoms with Gasteiger partial charge in [-0.2, -0.15) is 13.2 Å². The fourth-order valence-electron chi connectivity index (χ4n) is 2.09. The first-order valence-electron chi connectivity index (χ1n) is 6.57. The van der Waals surface area contributed by atoms with Gasteiger partial charge in [0, 0.05) is 18.3 Å². The Balaban J connectivity index is 2.72. The lowest BCUT2D eigenvalue weighted by Gasteiger charge is -2.16. The predicted molar refractivity (Wildman–Crippen MR) is 77.8 cm³/mol. The first kappa shape index (κ1) is 16.5. The van der Waals surface area contributed by atoms with Crippen molar-refractivity contribution in [1.82, 2.24) is 4.57 Å². The number of halogens is 3. The van der Waals surface area contributed by atoms with Crippen LogP contribution in [0.5, 0.6) is 0 Å². The van der Waals surface area contributed by atoms with E-state index in [0.29, 0.717) is 10.3 Å². The molecule has 0 aliphatic rings. The number of anilines is 2. The van der Waals surface area contributed by atoms with Crippen LogP contribution < -0.4 is 10.9 Å². The summed E-state index contributed by atoms with van der Waals surface area (Å²) in [5, 5.41) is 13.8. The van der Waals surface area contributed by atoms with Crippen molar-refractivity contribution in [2.24, 2.45) is 0 Å². The minimum atomic E-state index is -4.97. The van der Waals surface area contributed by atoms with Crippen molar-refractivity contribution in [2.75, 3.05) is 5.32 Å². The Bertz CT molecular complexity index is 786. The zero-order chi connectivity index (χ0) is 17.2. The number of rotatable bonds is 4. The molecule has 0 radical (unpaired) electrons. The zero-order valence-electron chi connectivity index (χ0n) is 11.9. The standard InChI is InChI=1S/C14H12F3N3O3/c1-2-19-12(18-9-6-4-3-5-7-9)11(20(22)23)8-10(13(19)21)14(15,16)17/h3-8,18H,2H2,1H3. The molecule has 0 saturated heterocycles. The Morgan fingerprint density at radius 3 is 2.35 bits per heavy atom. The Labute approximate surface area is 128 Å². The maximum atomic E-state index is 12.9. The molecule has 0 spiro atoms. The molecule has 0 bridgehead atoms. The highest BCUT2D eigenvalue weighted by atomic mass is 19.4. The highest BCUT2D eigenvalue weighted by molar-refractivity contribution is 5.66. The van der Waals surface area contributed by atoms with E-state index in [1.807, 2.05) is 0 Å². The number of para-hydroxylation sites is 1. The third-order valence-corrected chi connectivity index (χ3v) is 3.12. The molecule has 0 atom stereocenters. The molecule has 0 amide bonds. The molecular formula is C14H12F3N3O3. The third-order valence-electron chi connectivity index (χ3n) is 3.12. The molecule has 0 saturated carbocycles. The summed E-state index contributed by atoms with van der Waals surface area (Å²) >= 11 is 0. The molecule has 122 valence electrons. The summed E-state index contributed by atoms with van der Waals surface area (Å²) in [6, 6.07) is 8.41. The fraction of sp³-hybridized carbons (Fsp3) is 0.214. The molecule has 0 aliphatic heterocycles. The van der Waals surface area contributed by atoms with Gasteiger partial charge in [0.05, 0.1) is 4.92 Å². The van der Waals surface area contributed by atoms with Crippen molar-refractivity contribution in [3.63, 3.8) is 0 Å². The van der Waals surface area contributed by atoms with Crippen LogP contribution in [0.3, 0.4) is 0 Å². The highest BCUT2D eigenvalue weighted by Crippen LogP contribution is 2.33. The van der Waals surface area contributed by atoms with Gasteiger partial charge < -0.3 is 5.32 Å². The third kappa shape index (κ3) is 3.33. The van der Waals surface area contributed by atoms with Crippen LogP contribution in [-0.4, -0.2) is 9.49 Å². The molecule has 1 heterocycles. The summed E-state index contributed by atoms with van der Waals surface area (Å²) in [6.07, 6.45) is -4.97. The second-order valence-electron chi connectivity index (χ2n) is 4.59. The Kier molecular flexibility index (Phi) is 4.39. The van der Waals surface area contributed by atoms with E-state index >= 15 is 0 Å². The van der Waals surface area contributed by atoms with Crippen molar-refractivity contribution in [1.29, 1.82) is 0 Å². The summed E-state index contributed by atoms with van der Waals surface area (Å²) in [6.45, 7) is 1.28. The number of alkyl halides is 3. The van der Waals surface area contributed by atoms with Crippen LogP contribution in [0, 0.1) is 10.1 Å². The van der Waals surface area contributed by atoms with Gasteiger partial charge in [-0.3, -0.25) is 19.5 Å². The second-order valence-corrected chi connectivity index (χ2v) is 4.59. The van der Waals surface area contributed by atoms with Gasteiger partial charge in [0.2, 0.25) is 0 Å². The molecule has 23 heavy (non-hydrogen) atoms. The molecule has 0 fully saturated rings. The Morgan fingerprint density at radius 2 is 1.87 bits per heavy atom. The predicted octanol–water partition coefficient (Wildman–Crippen LogP) is 3.54. The largest absolute Gasteiger partial charge is 0.421 e. The smallest absolute Gasteiger partial charge is 0.336 e. The Hall–Kier alpha value is -2.84. The van der Waals surface area contributed by atoms with Crippen LogP contribution >= 0.6 is 0 Å². The van der Waals surface area contributed by atoms with E-state index < -0.39 is 27.9 Å². The maximum Gasteiger partial charge on any atom is 0.421 e. The lowest BCUT2D eigenvalue weighted by atomic mass is 10.2. The van der Waals surface area contributed by atoms with E-state index in [1.54, 1.807) is 30.3 Å². The van der Waals surface area contributed by atoms with Crippen molar-refractivity contribution < 1.29 is 18.1 Å². The number of benzene rings is 1. The number of nitrogens with zero attached hydrogens (tertiary/aromatic N) is 2. The molecule has 2 rings (SSSR count). The first-order chi connectivity index (χ1) is 10.8. The fourth-order valence-corrected chi connectivity index (χ4v) is 2.09. The summed E-state index contributed by atoms with van der Waals surface area (Å²) in [7, 11) is 0. The van der Waals surface area contributed by atoms with E-state index in [0.717, 1.165) is 0 Å². The summed E-state index contributed by atoms with van der Waals surface area (Å²) in [5.74, 6) is -0.290. The quantitative estimate of drug-likeness (QED) is 0.688. The molecule has 0 unspecified atom stereocenters. The SMILES string of the molecule is CCn1c(Nc2ccccc2)c([N+](=O)[O-])cc(C(F)(F)F)c1=O. The van der Waals surface area contributed by atoms with Crippen molar-refractivity contribution in [2.45, 2.75) is 19.6 Å². The van der Waals surface area contributed by atoms with Gasteiger partial charge in [-0.15, -0.1) is 0 Å². The summed E-state index contributed by atoms with van der Waals surface area (Å²) in [4.78, 5) is 22.2. The number of aromatic nitrogens is 1. The van der Waals surface area contributed by atoms with Gasteiger partial charge in [0.15, 0.2) is 5.82 Å². The zero-order valence-corrected chi connectivity index (χ0v) is 11.9. The number of hydrogen-bond donors (Lipinski definition) is 1. The molecule has 0 aliphatic carbocycles. The topological polar surface area (TPSA) is 77.2 Å². The van der Waals surface area contributed by atoms with Crippen LogP contribution in [0.25, 0.3) is 0 Å². The van der Waals surface area contributed by atoms with Crippen molar-refractivity contribution >= 4 is 17.2 Å². The second kappa shape index (κ2) is 6.11. The van der Waals surface area contributed by atoms with Crippen LogP contribution in [-0.2, 0) is 12.7 Å². The van der Waals surface area contributed by atoms with Crippen LogP contribution in [0.15, 0.2) is 41.2 Å². The van der Waals surface area contributed by atoms with E-state index in [1.165, 1.54) is 6.92 Å². The van der Waals surface area contributed by atoms with Gasteiger partial charge in [0.25, 0.3) is 5.56 Å². The van der Waals surface area contributed by atoms with Gasteiger partial charge >= 0.3 is 11.9 Å². The molecule has 6 nitrogen and oxygen atoms in total. The van der Waals surface area contributed by atoms with Crippen LogP contribution in [0.4, 0.5) is 30.4 Å². The lowest BCUT2D eigenvalue weighted by Crippen LogP contribution is -2.30. The molecule has 1 aromatic heterocycles. The molecule has 9 heteroatoms. The van der Waals surface area contributed by atoms with Crippen LogP contribution in [0.1, 0.15) is 12.5 Å². The van der Waals surface area contributed by atoms with Gasteiger partial charge in [-0.05, 0) is 19.1 Å². The molecular weight excluding hydrogens is 315 g/mol. The minimum Gasteiger partial charge on any atom is -0.336 e. The first-order valence-corrected chi connectivity index (χ1v) is 6.57. The minimum absolute atomic E-state index is 0.154. The van der Waals surface area contributed by atoms with Crippen molar-refractivity contribution in [3.8, 4) is 0 Å². The Morgan fingerprint density at radius 1 is 1.26 bits per heavy atom. The molecule has 1 aromatic carbocycles. The van der Waals surface area contributed by atoms with E-state index in [-0.39, 0.29) is 18.4 Å². The average molecular weight is 327 g/mol. The number of pyridine rings is 1.